The van der Waals surface area contributed by atoms with Crippen LogP contribution in [0.1, 0.15) is 75.9 Å². The fraction of sp³-hybridized carbons (Fsp3) is 0.442. The van der Waals surface area contributed by atoms with Gasteiger partial charge in [-0.05, 0) is 120 Å². The van der Waals surface area contributed by atoms with Gasteiger partial charge in [0.25, 0.3) is 0 Å². The van der Waals surface area contributed by atoms with Crippen LogP contribution in [0.5, 0.6) is 5.75 Å². The van der Waals surface area contributed by atoms with Crippen molar-refractivity contribution in [2.75, 3.05) is 51.0 Å². The first-order valence-electron chi connectivity index (χ1n) is 19.4. The molecule has 280 valence electrons. The number of imidazole rings is 2. The Kier molecular flexibility index (Phi) is 12.9. The third-order valence-corrected chi connectivity index (χ3v) is 11.6. The smallest absolute Gasteiger partial charge is 0.155 e. The number of anilines is 1. The lowest BCUT2D eigenvalue weighted by Gasteiger charge is -2.33. The summed E-state index contributed by atoms with van der Waals surface area (Å²) in [5.74, 6) is 2.79. The van der Waals surface area contributed by atoms with Crippen LogP contribution < -0.4 is 9.64 Å². The second-order valence-electron chi connectivity index (χ2n) is 14.2. The van der Waals surface area contributed by atoms with Crippen LogP contribution in [0.3, 0.4) is 0 Å². The lowest BCUT2D eigenvalue weighted by Crippen LogP contribution is -2.34. The van der Waals surface area contributed by atoms with Gasteiger partial charge in [-0.1, -0.05) is 38.5 Å². The van der Waals surface area contributed by atoms with Crippen molar-refractivity contribution < 1.29 is 18.8 Å². The SMILES string of the molecule is CCCCOCCOc1ccc(-c2ccc3c(c2)/C=C(/c2nc4cc([S@+]([O-])Cc5cncn5CCC)ccc4[nH]2)CCCN3CC2CCOCC2)cc1. The van der Waals surface area contributed by atoms with E-state index < -0.39 is 11.2 Å². The van der Waals surface area contributed by atoms with Gasteiger partial charge in [0.05, 0.1) is 35.9 Å². The zero-order chi connectivity index (χ0) is 36.4. The van der Waals surface area contributed by atoms with Crippen molar-refractivity contribution in [1.82, 2.24) is 19.5 Å². The summed E-state index contributed by atoms with van der Waals surface area (Å²) in [5, 5.41) is 0. The number of aromatic amines is 1. The fourth-order valence-corrected chi connectivity index (χ4v) is 8.45. The molecular formula is C43H53N5O4S. The Morgan fingerprint density at radius 3 is 2.64 bits per heavy atom. The van der Waals surface area contributed by atoms with E-state index >= 15 is 0 Å². The van der Waals surface area contributed by atoms with E-state index in [2.05, 4.69) is 69.7 Å². The number of nitrogens with zero attached hydrogens (tertiary/aromatic N) is 4. The number of allylic oxidation sites excluding steroid dienone is 1. The molecule has 1 atom stereocenters. The van der Waals surface area contributed by atoms with Gasteiger partial charge in [-0.2, -0.15) is 0 Å². The predicted octanol–water partition coefficient (Wildman–Crippen LogP) is 8.91. The lowest BCUT2D eigenvalue weighted by molar-refractivity contribution is 0.0682. The maximum Gasteiger partial charge on any atom is 0.155 e. The van der Waals surface area contributed by atoms with Crippen molar-refractivity contribution in [2.45, 2.75) is 76.0 Å². The minimum atomic E-state index is -1.20. The number of hydrogen-bond acceptors (Lipinski definition) is 7. The molecule has 10 heteroatoms. The highest BCUT2D eigenvalue weighted by atomic mass is 32.2. The van der Waals surface area contributed by atoms with E-state index in [1.54, 1.807) is 0 Å². The van der Waals surface area contributed by atoms with Gasteiger partial charge in [0, 0.05) is 51.2 Å². The first-order valence-corrected chi connectivity index (χ1v) is 20.8. The van der Waals surface area contributed by atoms with E-state index in [-0.39, 0.29) is 0 Å². The molecular weight excluding hydrogens is 683 g/mol. The molecule has 0 bridgehead atoms. The van der Waals surface area contributed by atoms with Crippen molar-refractivity contribution >= 4 is 39.5 Å². The third-order valence-electron chi connectivity index (χ3n) is 10.3. The summed E-state index contributed by atoms with van der Waals surface area (Å²) >= 11 is -1.20. The van der Waals surface area contributed by atoms with Crippen molar-refractivity contribution in [2.24, 2.45) is 5.92 Å². The monoisotopic (exact) mass is 735 g/mol. The molecule has 4 heterocycles. The van der Waals surface area contributed by atoms with Crippen LogP contribution in [0, 0.1) is 5.92 Å². The summed E-state index contributed by atoms with van der Waals surface area (Å²) in [6, 6.07) is 21.2. The maximum absolute atomic E-state index is 13.5. The number of ether oxygens (including phenoxy) is 3. The summed E-state index contributed by atoms with van der Waals surface area (Å²) < 4.78 is 32.9. The molecule has 0 aliphatic carbocycles. The number of H-pyrrole nitrogens is 1. The van der Waals surface area contributed by atoms with Gasteiger partial charge in [0.15, 0.2) is 10.6 Å². The van der Waals surface area contributed by atoms with E-state index in [9.17, 15) is 4.55 Å². The highest BCUT2D eigenvalue weighted by molar-refractivity contribution is 7.90. The first-order chi connectivity index (χ1) is 26.1. The molecule has 0 spiro atoms. The minimum absolute atomic E-state index is 0.432. The molecule has 2 aromatic heterocycles. The molecule has 1 fully saturated rings. The molecule has 0 saturated carbocycles. The molecule has 0 unspecified atom stereocenters. The van der Waals surface area contributed by atoms with Gasteiger partial charge in [-0.25, -0.2) is 9.97 Å². The number of fused-ring (bicyclic) bond motifs is 2. The van der Waals surface area contributed by atoms with Crippen molar-refractivity contribution in [3.05, 3.63) is 90.3 Å². The largest absolute Gasteiger partial charge is 0.611 e. The normalized spacial score (nSPS) is 16.9. The maximum atomic E-state index is 13.5. The highest BCUT2D eigenvalue weighted by Gasteiger charge is 2.23. The molecule has 0 radical (unpaired) electrons. The molecule has 1 saturated heterocycles. The summed E-state index contributed by atoms with van der Waals surface area (Å²) in [6.07, 6.45) is 13.3. The van der Waals surface area contributed by atoms with Crippen LogP contribution in [0.2, 0.25) is 0 Å². The summed E-state index contributed by atoms with van der Waals surface area (Å²) in [5.41, 5.74) is 8.72. The number of hydrogen-bond donors (Lipinski definition) is 1. The molecule has 2 aliphatic rings. The Labute approximate surface area is 317 Å². The Hall–Kier alpha value is -4.09. The molecule has 2 aliphatic heterocycles. The summed E-state index contributed by atoms with van der Waals surface area (Å²) in [6.45, 7) is 10.8. The molecule has 3 aromatic carbocycles. The van der Waals surface area contributed by atoms with E-state index in [0.29, 0.717) is 24.9 Å². The number of rotatable bonds is 16. The molecule has 0 amide bonds. The average molecular weight is 736 g/mol. The van der Waals surface area contributed by atoms with Crippen LogP contribution in [-0.2, 0) is 32.9 Å². The van der Waals surface area contributed by atoms with Gasteiger partial charge in [-0.15, -0.1) is 0 Å². The van der Waals surface area contributed by atoms with Gasteiger partial charge in [-0.3, -0.25) is 0 Å². The number of aryl methyl sites for hydroxylation is 1. The first kappa shape index (κ1) is 37.2. The summed E-state index contributed by atoms with van der Waals surface area (Å²) in [7, 11) is 0. The van der Waals surface area contributed by atoms with E-state index in [1.807, 2.05) is 42.9 Å². The zero-order valence-electron chi connectivity index (χ0n) is 31.2. The van der Waals surface area contributed by atoms with Gasteiger partial charge >= 0.3 is 0 Å². The van der Waals surface area contributed by atoms with Crippen molar-refractivity contribution in [3.63, 3.8) is 0 Å². The predicted molar refractivity (Wildman–Crippen MR) is 215 cm³/mol. The van der Waals surface area contributed by atoms with Crippen LogP contribution in [0.15, 0.2) is 78.1 Å². The third kappa shape index (κ3) is 9.54. The van der Waals surface area contributed by atoms with E-state index in [1.165, 1.54) is 16.8 Å². The standard InChI is InChI=1S/C43H53N5O4S/c1-3-5-20-50-23-24-52-38-11-8-33(9-12-38)34-10-15-42-36(25-34)26-35(7-6-19-47(42)29-32-16-21-51-22-17-32)43-45-40-14-13-39(27-41(40)46-43)53(49)30-37-28-44-31-48(37)18-4-2/h8-15,25-28,31-32H,3-7,16-24,29-30H2,1-2H3,(H,45,46)/b35-26+/t53-/m1/s1. The zero-order valence-corrected chi connectivity index (χ0v) is 32.0. The second-order valence-corrected chi connectivity index (χ2v) is 15.7. The molecule has 1 N–H and O–H groups in total. The second kappa shape index (κ2) is 18.3. The fourth-order valence-electron chi connectivity index (χ4n) is 7.31. The molecule has 9 nitrogen and oxygen atoms in total. The quantitative estimate of drug-likeness (QED) is 0.0798. The Morgan fingerprint density at radius 2 is 1.81 bits per heavy atom. The Bertz CT molecular complexity index is 1950. The highest BCUT2D eigenvalue weighted by Crippen LogP contribution is 2.36. The number of benzene rings is 3. The van der Waals surface area contributed by atoms with Crippen LogP contribution >= 0.6 is 0 Å². The molecule has 5 aromatic rings. The Morgan fingerprint density at radius 1 is 0.962 bits per heavy atom. The van der Waals surface area contributed by atoms with E-state index in [0.717, 1.165) is 129 Å². The molecule has 7 rings (SSSR count). The minimum Gasteiger partial charge on any atom is -0.611 e. The van der Waals surface area contributed by atoms with E-state index in [4.69, 9.17) is 19.2 Å². The van der Waals surface area contributed by atoms with Crippen molar-refractivity contribution in [3.8, 4) is 16.9 Å². The topological polar surface area (TPSA) is 100 Å². The number of unbranched alkanes of at least 4 members (excludes halogenated alkanes) is 1. The number of nitrogens with one attached hydrogen (secondary N) is 1. The summed E-state index contributed by atoms with van der Waals surface area (Å²) in [4.78, 5) is 16.4. The van der Waals surface area contributed by atoms with Crippen LogP contribution in [0.4, 0.5) is 5.69 Å². The lowest BCUT2D eigenvalue weighted by atomic mass is 9.94. The van der Waals surface area contributed by atoms with Gasteiger partial charge < -0.3 is 33.2 Å². The van der Waals surface area contributed by atoms with Gasteiger partial charge in [0.2, 0.25) is 0 Å². The Balaban J connectivity index is 1.14. The average Bonchev–Trinajstić information content (AvgIpc) is 3.81. The van der Waals surface area contributed by atoms with Crippen molar-refractivity contribution in [1.29, 1.82) is 0 Å². The van der Waals surface area contributed by atoms with Crippen LogP contribution in [0.25, 0.3) is 33.8 Å². The van der Waals surface area contributed by atoms with Crippen LogP contribution in [-0.4, -0.2) is 70.2 Å². The van der Waals surface area contributed by atoms with Gasteiger partial charge in [0.1, 0.15) is 18.2 Å². The number of aromatic nitrogens is 4. The molecule has 53 heavy (non-hydrogen) atoms.